The Hall–Kier alpha value is -1.62. The predicted molar refractivity (Wildman–Crippen MR) is 68.9 cm³/mol. The van der Waals surface area contributed by atoms with Crippen LogP contribution in [0.3, 0.4) is 0 Å². The quantitative estimate of drug-likeness (QED) is 0.602. The van der Waals surface area contributed by atoms with E-state index in [1.165, 1.54) is 12.1 Å². The third kappa shape index (κ3) is 4.71. The minimum Gasteiger partial charge on any atom is -0.396 e. The lowest BCUT2D eigenvalue weighted by Gasteiger charge is -2.08. The zero-order valence-corrected chi connectivity index (χ0v) is 10.7. The van der Waals surface area contributed by atoms with Gasteiger partial charge in [0.2, 0.25) is 0 Å². The number of nitrogen functional groups attached to an aromatic ring is 1. The smallest absolute Gasteiger partial charge is 0.251 e. The Labute approximate surface area is 106 Å². The third-order valence-corrected chi connectivity index (χ3v) is 2.32. The van der Waals surface area contributed by atoms with Gasteiger partial charge in [-0.15, -0.1) is 0 Å². The highest BCUT2D eigenvalue weighted by molar-refractivity contribution is 5.94. The first-order valence-electron chi connectivity index (χ1n) is 5.95. The second-order valence-electron chi connectivity index (χ2n) is 4.27. The molecule has 0 aromatic heterocycles. The molecule has 18 heavy (non-hydrogen) atoms. The molecule has 0 saturated carbocycles. The number of anilines is 1. The molecule has 1 amide bonds. The van der Waals surface area contributed by atoms with Gasteiger partial charge in [-0.3, -0.25) is 4.79 Å². The number of amides is 1. The summed E-state index contributed by atoms with van der Waals surface area (Å²) >= 11 is 0. The molecule has 4 nitrogen and oxygen atoms in total. The number of carbonyl (C=O) groups is 1. The SMILES string of the molecule is CC(C)OCCCNC(=O)c1ccc(N)c(F)c1. The molecule has 5 heteroatoms. The molecule has 0 spiro atoms. The van der Waals surface area contributed by atoms with Gasteiger partial charge in [-0.25, -0.2) is 4.39 Å². The number of ether oxygens (including phenoxy) is 1. The van der Waals surface area contributed by atoms with Crippen molar-refractivity contribution >= 4 is 11.6 Å². The van der Waals surface area contributed by atoms with Crippen molar-refractivity contribution in [2.75, 3.05) is 18.9 Å². The van der Waals surface area contributed by atoms with Crippen molar-refractivity contribution in [2.45, 2.75) is 26.4 Å². The van der Waals surface area contributed by atoms with Crippen LogP contribution in [0.5, 0.6) is 0 Å². The molecule has 1 aromatic rings. The number of halogens is 1. The fraction of sp³-hybridized carbons (Fsp3) is 0.462. The Morgan fingerprint density at radius 2 is 2.22 bits per heavy atom. The van der Waals surface area contributed by atoms with Crippen LogP contribution in [0, 0.1) is 5.82 Å². The molecular weight excluding hydrogens is 235 g/mol. The van der Waals surface area contributed by atoms with Crippen LogP contribution in [0.2, 0.25) is 0 Å². The number of hydrogen-bond acceptors (Lipinski definition) is 3. The van der Waals surface area contributed by atoms with Crippen molar-refractivity contribution in [1.29, 1.82) is 0 Å². The zero-order valence-electron chi connectivity index (χ0n) is 10.7. The van der Waals surface area contributed by atoms with Gasteiger partial charge in [0.25, 0.3) is 5.91 Å². The summed E-state index contributed by atoms with van der Waals surface area (Å²) in [6.45, 7) is 5.00. The lowest BCUT2D eigenvalue weighted by atomic mass is 10.2. The summed E-state index contributed by atoms with van der Waals surface area (Å²) in [5, 5.41) is 2.69. The van der Waals surface area contributed by atoms with Gasteiger partial charge in [-0.1, -0.05) is 0 Å². The van der Waals surface area contributed by atoms with E-state index in [0.29, 0.717) is 13.2 Å². The van der Waals surface area contributed by atoms with Gasteiger partial charge in [-0.2, -0.15) is 0 Å². The summed E-state index contributed by atoms with van der Waals surface area (Å²) in [5.41, 5.74) is 5.64. The Balaban J connectivity index is 2.34. The highest BCUT2D eigenvalue weighted by atomic mass is 19.1. The van der Waals surface area contributed by atoms with E-state index in [9.17, 15) is 9.18 Å². The van der Waals surface area contributed by atoms with Gasteiger partial charge < -0.3 is 15.8 Å². The maximum Gasteiger partial charge on any atom is 0.251 e. The summed E-state index contributed by atoms with van der Waals surface area (Å²) < 4.78 is 18.5. The Kier molecular flexibility index (Phi) is 5.58. The minimum atomic E-state index is -0.578. The Morgan fingerprint density at radius 3 is 2.83 bits per heavy atom. The summed E-state index contributed by atoms with van der Waals surface area (Å²) in [7, 11) is 0. The van der Waals surface area contributed by atoms with E-state index in [2.05, 4.69) is 5.32 Å². The summed E-state index contributed by atoms with van der Waals surface area (Å²) in [6, 6.07) is 4.01. The highest BCUT2D eigenvalue weighted by Crippen LogP contribution is 2.11. The molecule has 3 N–H and O–H groups in total. The van der Waals surface area contributed by atoms with Crippen LogP contribution in [0.15, 0.2) is 18.2 Å². The summed E-state index contributed by atoms with van der Waals surface area (Å²) in [6.07, 6.45) is 0.911. The highest BCUT2D eigenvalue weighted by Gasteiger charge is 2.07. The number of hydrogen-bond donors (Lipinski definition) is 2. The third-order valence-electron chi connectivity index (χ3n) is 2.32. The normalized spacial score (nSPS) is 10.7. The van der Waals surface area contributed by atoms with Crippen LogP contribution in [0.1, 0.15) is 30.6 Å². The molecule has 0 heterocycles. The summed E-state index contributed by atoms with van der Waals surface area (Å²) in [4.78, 5) is 11.6. The van der Waals surface area contributed by atoms with Crippen molar-refractivity contribution in [3.63, 3.8) is 0 Å². The second-order valence-corrected chi connectivity index (χ2v) is 4.27. The molecule has 0 aliphatic rings. The van der Waals surface area contributed by atoms with Crippen molar-refractivity contribution in [3.05, 3.63) is 29.6 Å². The van der Waals surface area contributed by atoms with E-state index < -0.39 is 5.82 Å². The molecule has 0 atom stereocenters. The first-order chi connectivity index (χ1) is 8.50. The van der Waals surface area contributed by atoms with Gasteiger partial charge in [0.15, 0.2) is 0 Å². The molecular formula is C13H19FN2O2. The van der Waals surface area contributed by atoms with Crippen LogP contribution < -0.4 is 11.1 Å². The topological polar surface area (TPSA) is 64.3 Å². The molecule has 0 saturated heterocycles. The van der Waals surface area contributed by atoms with Crippen LogP contribution in [0.4, 0.5) is 10.1 Å². The molecule has 1 rings (SSSR count). The van der Waals surface area contributed by atoms with E-state index in [1.54, 1.807) is 0 Å². The number of nitrogens with one attached hydrogen (secondary N) is 1. The lowest BCUT2D eigenvalue weighted by molar-refractivity contribution is 0.0757. The lowest BCUT2D eigenvalue weighted by Crippen LogP contribution is -2.25. The fourth-order valence-electron chi connectivity index (χ4n) is 1.36. The second kappa shape index (κ2) is 6.96. The van der Waals surface area contributed by atoms with E-state index in [1.807, 2.05) is 13.8 Å². The van der Waals surface area contributed by atoms with E-state index in [-0.39, 0.29) is 23.3 Å². The van der Waals surface area contributed by atoms with Crippen LogP contribution in [-0.2, 0) is 4.74 Å². The molecule has 0 bridgehead atoms. The number of benzene rings is 1. The monoisotopic (exact) mass is 254 g/mol. The maximum atomic E-state index is 13.1. The fourth-order valence-corrected chi connectivity index (χ4v) is 1.36. The van der Waals surface area contributed by atoms with Crippen molar-refractivity contribution in [1.82, 2.24) is 5.32 Å². The van der Waals surface area contributed by atoms with E-state index >= 15 is 0 Å². The molecule has 1 aromatic carbocycles. The van der Waals surface area contributed by atoms with Crippen molar-refractivity contribution in [2.24, 2.45) is 0 Å². The van der Waals surface area contributed by atoms with Gasteiger partial charge >= 0.3 is 0 Å². The van der Waals surface area contributed by atoms with Crippen molar-refractivity contribution < 1.29 is 13.9 Å². The standard InChI is InChI=1S/C13H19FN2O2/c1-9(2)18-7-3-6-16-13(17)10-4-5-12(15)11(14)8-10/h4-5,8-9H,3,6-7,15H2,1-2H3,(H,16,17). The van der Waals surface area contributed by atoms with E-state index in [0.717, 1.165) is 12.5 Å². The largest absolute Gasteiger partial charge is 0.396 e. The van der Waals surface area contributed by atoms with Crippen LogP contribution >= 0.6 is 0 Å². The predicted octanol–water partition coefficient (Wildman–Crippen LogP) is 1.95. The van der Waals surface area contributed by atoms with Gasteiger partial charge in [0.05, 0.1) is 11.8 Å². The number of nitrogens with two attached hydrogens (primary N) is 1. The molecule has 0 fully saturated rings. The minimum absolute atomic E-state index is 0.0388. The number of rotatable bonds is 6. The van der Waals surface area contributed by atoms with E-state index in [4.69, 9.17) is 10.5 Å². The van der Waals surface area contributed by atoms with Crippen LogP contribution in [-0.4, -0.2) is 25.2 Å². The molecule has 0 aliphatic carbocycles. The summed E-state index contributed by atoms with van der Waals surface area (Å²) in [5.74, 6) is -0.885. The average Bonchev–Trinajstić information content (AvgIpc) is 2.31. The van der Waals surface area contributed by atoms with Gasteiger partial charge in [-0.05, 0) is 38.5 Å². The maximum absolute atomic E-state index is 13.1. The Morgan fingerprint density at radius 1 is 1.50 bits per heavy atom. The molecule has 0 unspecified atom stereocenters. The zero-order chi connectivity index (χ0) is 13.5. The van der Waals surface area contributed by atoms with Crippen LogP contribution in [0.25, 0.3) is 0 Å². The molecule has 0 aliphatic heterocycles. The first-order valence-corrected chi connectivity index (χ1v) is 5.95. The average molecular weight is 254 g/mol. The molecule has 0 radical (unpaired) electrons. The molecule has 100 valence electrons. The number of carbonyl (C=O) groups excluding carboxylic acids is 1. The van der Waals surface area contributed by atoms with Gasteiger partial charge in [0.1, 0.15) is 5.82 Å². The van der Waals surface area contributed by atoms with Crippen molar-refractivity contribution in [3.8, 4) is 0 Å². The van der Waals surface area contributed by atoms with Gasteiger partial charge in [0, 0.05) is 18.7 Å². The first kappa shape index (κ1) is 14.4. The Bertz CT molecular complexity index is 408.